The van der Waals surface area contributed by atoms with Crippen molar-refractivity contribution in [3.05, 3.63) is 54.7 Å². The van der Waals surface area contributed by atoms with Crippen molar-refractivity contribution in [1.29, 1.82) is 0 Å². The Bertz CT molecular complexity index is 1380. The van der Waals surface area contributed by atoms with Crippen molar-refractivity contribution in [2.75, 3.05) is 32.5 Å². The van der Waals surface area contributed by atoms with E-state index in [9.17, 15) is 9.18 Å². The van der Waals surface area contributed by atoms with Crippen LogP contribution in [0.2, 0.25) is 0 Å². The molecule has 196 valence electrons. The average molecular weight is 528 g/mol. The molecule has 0 aliphatic carbocycles. The molecular weight excluding hydrogens is 497 g/mol. The van der Waals surface area contributed by atoms with Crippen molar-refractivity contribution >= 4 is 33.4 Å². The van der Waals surface area contributed by atoms with Gasteiger partial charge in [0.05, 0.1) is 23.0 Å². The maximum absolute atomic E-state index is 14.2. The molecule has 0 bridgehead atoms. The molecule has 0 atom stereocenters. The zero-order chi connectivity index (χ0) is 26.6. The van der Waals surface area contributed by atoms with E-state index in [1.807, 2.05) is 24.0 Å². The summed E-state index contributed by atoms with van der Waals surface area (Å²) in [7, 11) is 1.95. The number of nitrogen functional groups attached to an aromatic ring is 1. The molecule has 0 spiro atoms. The van der Waals surface area contributed by atoms with Gasteiger partial charge < -0.3 is 24.8 Å². The van der Waals surface area contributed by atoms with Crippen LogP contribution >= 0.6 is 11.3 Å². The molecule has 0 unspecified atom stereocenters. The highest BCUT2D eigenvalue weighted by Gasteiger charge is 2.17. The third kappa shape index (κ3) is 7.17. The quantitative estimate of drug-likeness (QED) is 0.223. The fraction of sp³-hybridized carbons (Fsp3) is 0.346. The van der Waals surface area contributed by atoms with E-state index in [-0.39, 0.29) is 12.4 Å². The molecule has 0 radical (unpaired) electrons. The molecule has 3 aromatic heterocycles. The van der Waals surface area contributed by atoms with Gasteiger partial charge in [0.1, 0.15) is 18.0 Å². The number of thiophene rings is 1. The highest BCUT2D eigenvalue weighted by molar-refractivity contribution is 7.22. The minimum absolute atomic E-state index is 0.102. The lowest BCUT2D eigenvalue weighted by atomic mass is 10.2. The topological polar surface area (TPSA) is 105 Å². The highest BCUT2D eigenvalue weighted by Crippen LogP contribution is 2.39. The lowest BCUT2D eigenvalue weighted by Crippen LogP contribution is -2.30. The Morgan fingerprint density at radius 2 is 2.00 bits per heavy atom. The number of aromatic nitrogens is 3. The van der Waals surface area contributed by atoms with E-state index in [0.29, 0.717) is 24.5 Å². The summed E-state index contributed by atoms with van der Waals surface area (Å²) in [6, 6.07) is 8.01. The Hall–Kier alpha value is -3.70. The molecule has 0 aliphatic heterocycles. The van der Waals surface area contributed by atoms with Gasteiger partial charge in [0.2, 0.25) is 0 Å². The Kier molecular flexibility index (Phi) is 7.94. The Morgan fingerprint density at radius 1 is 1.19 bits per heavy atom. The van der Waals surface area contributed by atoms with Gasteiger partial charge in [-0.15, -0.1) is 11.3 Å². The summed E-state index contributed by atoms with van der Waals surface area (Å²) < 4.78 is 33.0. The predicted octanol–water partition coefficient (Wildman–Crippen LogP) is 5.56. The van der Waals surface area contributed by atoms with E-state index in [1.165, 1.54) is 23.5 Å². The van der Waals surface area contributed by atoms with E-state index < -0.39 is 17.6 Å². The number of hydrogen-bond donors (Lipinski definition) is 1. The molecule has 1 aromatic carbocycles. The number of hydrogen-bond acceptors (Lipinski definition) is 9. The monoisotopic (exact) mass is 527 g/mol. The number of anilines is 1. The van der Waals surface area contributed by atoms with Gasteiger partial charge >= 0.3 is 6.16 Å². The van der Waals surface area contributed by atoms with Gasteiger partial charge in [0.25, 0.3) is 0 Å². The first-order valence-electron chi connectivity index (χ1n) is 11.8. The summed E-state index contributed by atoms with van der Waals surface area (Å²) in [5.74, 6) is 0.0991. The number of benzene rings is 1. The zero-order valence-electron chi connectivity index (χ0n) is 21.2. The van der Waals surface area contributed by atoms with Crippen molar-refractivity contribution in [2.45, 2.75) is 32.9 Å². The van der Waals surface area contributed by atoms with Crippen LogP contribution in [0.1, 0.15) is 20.8 Å². The number of nitrogens with zero attached hydrogens (tertiary/aromatic N) is 4. The molecule has 2 N–H and O–H groups in total. The van der Waals surface area contributed by atoms with Crippen molar-refractivity contribution in [3.8, 4) is 21.9 Å². The summed E-state index contributed by atoms with van der Waals surface area (Å²) in [6.45, 7) is 7.59. The van der Waals surface area contributed by atoms with E-state index in [2.05, 4.69) is 15.0 Å². The first-order valence-corrected chi connectivity index (χ1v) is 12.6. The maximum Gasteiger partial charge on any atom is 0.508 e. The first-order chi connectivity index (χ1) is 17.6. The zero-order valence-corrected chi connectivity index (χ0v) is 22.0. The van der Waals surface area contributed by atoms with Gasteiger partial charge in [-0.25, -0.2) is 9.18 Å². The SMILES string of the molecule is CN(CCOC(=O)OC(C)(C)C)CCn1cc(-c2cc3nccc(Oc4ccc(N)cc4F)c3s2)cn1. The van der Waals surface area contributed by atoms with Gasteiger partial charge in [-0.05, 0) is 46.0 Å². The van der Waals surface area contributed by atoms with Crippen LogP contribution in [0, 0.1) is 5.82 Å². The fourth-order valence-corrected chi connectivity index (χ4v) is 4.46. The Balaban J connectivity index is 1.35. The molecule has 0 amide bonds. The smallest absolute Gasteiger partial charge is 0.453 e. The molecule has 9 nitrogen and oxygen atoms in total. The van der Waals surface area contributed by atoms with Crippen molar-refractivity contribution in [2.24, 2.45) is 0 Å². The van der Waals surface area contributed by atoms with Gasteiger partial charge in [0.15, 0.2) is 11.6 Å². The first kappa shape index (κ1) is 26.4. The number of pyridine rings is 1. The molecule has 0 aliphatic rings. The van der Waals surface area contributed by atoms with Crippen molar-refractivity contribution in [1.82, 2.24) is 19.7 Å². The molecule has 0 saturated carbocycles. The highest BCUT2D eigenvalue weighted by atomic mass is 32.1. The minimum atomic E-state index is -0.664. The number of carbonyl (C=O) groups is 1. The number of halogens is 1. The maximum atomic E-state index is 14.2. The number of rotatable bonds is 9. The van der Waals surface area contributed by atoms with E-state index in [1.54, 1.807) is 45.3 Å². The van der Waals surface area contributed by atoms with Crippen molar-refractivity contribution < 1.29 is 23.4 Å². The van der Waals surface area contributed by atoms with Crippen LogP contribution in [0.4, 0.5) is 14.9 Å². The third-order valence-electron chi connectivity index (χ3n) is 5.26. The summed E-state index contributed by atoms with van der Waals surface area (Å²) in [5, 5.41) is 4.47. The number of ether oxygens (including phenoxy) is 3. The minimum Gasteiger partial charge on any atom is -0.453 e. The van der Waals surface area contributed by atoms with Gasteiger partial charge in [-0.1, -0.05) is 0 Å². The van der Waals surface area contributed by atoms with Crippen LogP contribution in [0.3, 0.4) is 0 Å². The molecule has 37 heavy (non-hydrogen) atoms. The molecular formula is C26H30FN5O4S. The van der Waals surface area contributed by atoms with Gasteiger partial charge in [-0.3, -0.25) is 9.67 Å². The fourth-order valence-electron chi connectivity index (χ4n) is 3.42. The molecule has 4 aromatic rings. The van der Waals surface area contributed by atoms with E-state index >= 15 is 0 Å². The average Bonchev–Trinajstić information content (AvgIpc) is 3.46. The standard InChI is InChI=1S/C26H30FN5O4S/c1-26(2,3)36-25(33)34-12-11-31(4)9-10-32-16-17(15-30-32)23-14-20-24(37-23)22(7-8-29-20)35-21-6-5-18(28)13-19(21)27/h5-8,13-16H,9-12,28H2,1-4H3. The van der Waals surface area contributed by atoms with E-state index in [0.717, 1.165) is 27.2 Å². The summed E-state index contributed by atoms with van der Waals surface area (Å²) >= 11 is 1.50. The van der Waals surface area contributed by atoms with Crippen LogP contribution in [0.5, 0.6) is 11.5 Å². The third-order valence-corrected chi connectivity index (χ3v) is 6.45. The Labute approximate surface area is 218 Å². The number of likely N-dealkylation sites (N-methyl/N-ethyl adjacent to an activating group) is 1. The second-order valence-electron chi connectivity index (χ2n) is 9.53. The molecule has 3 heterocycles. The predicted molar refractivity (Wildman–Crippen MR) is 141 cm³/mol. The summed E-state index contributed by atoms with van der Waals surface area (Å²) in [6.07, 6.45) is 4.74. The number of fused-ring (bicyclic) bond motifs is 1. The second kappa shape index (κ2) is 11.1. The Morgan fingerprint density at radius 3 is 2.76 bits per heavy atom. The van der Waals surface area contributed by atoms with Crippen LogP contribution < -0.4 is 10.5 Å². The molecule has 11 heteroatoms. The molecule has 0 saturated heterocycles. The summed E-state index contributed by atoms with van der Waals surface area (Å²) in [4.78, 5) is 19.1. The normalized spacial score (nSPS) is 11.7. The molecule has 0 fully saturated rings. The van der Waals surface area contributed by atoms with Crippen LogP contribution in [0.25, 0.3) is 20.7 Å². The largest absolute Gasteiger partial charge is 0.508 e. The van der Waals surface area contributed by atoms with Crippen LogP contribution in [0.15, 0.2) is 48.9 Å². The van der Waals surface area contributed by atoms with Crippen LogP contribution in [-0.2, 0) is 16.0 Å². The summed E-state index contributed by atoms with van der Waals surface area (Å²) in [5.41, 5.74) is 7.10. The second-order valence-corrected chi connectivity index (χ2v) is 10.6. The van der Waals surface area contributed by atoms with Gasteiger partial charge in [0, 0.05) is 53.7 Å². The lowest BCUT2D eigenvalue weighted by molar-refractivity contribution is -0.00955. The lowest BCUT2D eigenvalue weighted by Gasteiger charge is -2.20. The number of nitrogens with two attached hydrogens (primary N) is 1. The number of carbonyl (C=O) groups excluding carboxylic acids is 1. The van der Waals surface area contributed by atoms with E-state index in [4.69, 9.17) is 19.9 Å². The molecule has 4 rings (SSSR count). The van der Waals surface area contributed by atoms with Crippen LogP contribution in [-0.4, -0.2) is 58.2 Å². The van der Waals surface area contributed by atoms with Crippen molar-refractivity contribution in [3.63, 3.8) is 0 Å². The van der Waals surface area contributed by atoms with Gasteiger partial charge in [-0.2, -0.15) is 5.10 Å².